The van der Waals surface area contributed by atoms with Crippen molar-refractivity contribution in [2.75, 3.05) is 19.5 Å². The minimum atomic E-state index is -0.537. The summed E-state index contributed by atoms with van der Waals surface area (Å²) in [7, 11) is 3.01. The second kappa shape index (κ2) is 6.79. The van der Waals surface area contributed by atoms with Crippen LogP contribution in [-0.4, -0.2) is 20.2 Å². The molecular formula is C17H19NO3. The molecule has 21 heavy (non-hydrogen) atoms. The van der Waals surface area contributed by atoms with E-state index in [1.165, 1.54) is 7.11 Å². The van der Waals surface area contributed by atoms with Gasteiger partial charge in [0.2, 0.25) is 0 Å². The van der Waals surface area contributed by atoms with Crippen LogP contribution >= 0.6 is 0 Å². The third kappa shape index (κ3) is 3.54. The van der Waals surface area contributed by atoms with E-state index in [4.69, 9.17) is 9.47 Å². The zero-order chi connectivity index (χ0) is 15.2. The number of nitrogens with one attached hydrogen (secondary N) is 1. The van der Waals surface area contributed by atoms with Gasteiger partial charge < -0.3 is 14.8 Å². The molecular weight excluding hydrogens is 266 g/mol. The van der Waals surface area contributed by atoms with E-state index >= 15 is 0 Å². The Morgan fingerprint density at radius 3 is 2.29 bits per heavy atom. The molecule has 0 aliphatic rings. The molecule has 0 saturated carbocycles. The Morgan fingerprint density at radius 2 is 1.71 bits per heavy atom. The van der Waals surface area contributed by atoms with Crippen LogP contribution in [0.1, 0.15) is 17.2 Å². The first kappa shape index (κ1) is 14.9. The lowest BCUT2D eigenvalue weighted by Gasteiger charge is -2.20. The predicted octanol–water partition coefficient (Wildman–Crippen LogP) is 3.33. The standard InChI is InChI=1S/C17H19NO3/c1-12-6-4-5-7-15(12)16(17(19)21-3)18-13-8-10-14(20-2)11-9-13/h4-11,16,18H,1-3H3. The van der Waals surface area contributed by atoms with Crippen molar-refractivity contribution in [3.63, 3.8) is 0 Å². The normalized spacial score (nSPS) is 11.6. The van der Waals surface area contributed by atoms with Gasteiger partial charge in [-0.2, -0.15) is 0 Å². The lowest BCUT2D eigenvalue weighted by Crippen LogP contribution is -2.23. The minimum absolute atomic E-state index is 0.319. The zero-order valence-corrected chi connectivity index (χ0v) is 12.4. The number of anilines is 1. The molecule has 0 aliphatic heterocycles. The van der Waals surface area contributed by atoms with Crippen molar-refractivity contribution in [2.24, 2.45) is 0 Å². The fraction of sp³-hybridized carbons (Fsp3) is 0.235. The molecule has 1 N–H and O–H groups in total. The van der Waals surface area contributed by atoms with E-state index in [0.29, 0.717) is 0 Å². The molecule has 0 bridgehead atoms. The first-order chi connectivity index (χ1) is 10.2. The molecule has 0 saturated heterocycles. The Bertz CT molecular complexity index is 608. The van der Waals surface area contributed by atoms with Crippen LogP contribution < -0.4 is 10.1 Å². The molecule has 0 fully saturated rings. The smallest absolute Gasteiger partial charge is 0.332 e. The van der Waals surface area contributed by atoms with Gasteiger partial charge in [0.1, 0.15) is 5.75 Å². The Kier molecular flexibility index (Phi) is 4.82. The molecule has 2 rings (SSSR count). The van der Waals surface area contributed by atoms with Gasteiger partial charge in [-0.1, -0.05) is 24.3 Å². The first-order valence-corrected chi connectivity index (χ1v) is 6.69. The van der Waals surface area contributed by atoms with Gasteiger partial charge in [-0.3, -0.25) is 0 Å². The van der Waals surface area contributed by atoms with Crippen LogP contribution in [0.15, 0.2) is 48.5 Å². The number of carbonyl (C=O) groups is 1. The van der Waals surface area contributed by atoms with Gasteiger partial charge in [0.25, 0.3) is 0 Å². The predicted molar refractivity (Wildman–Crippen MR) is 82.6 cm³/mol. The third-order valence-electron chi connectivity index (χ3n) is 3.34. The molecule has 4 heteroatoms. The van der Waals surface area contributed by atoms with Crippen molar-refractivity contribution in [2.45, 2.75) is 13.0 Å². The van der Waals surface area contributed by atoms with Gasteiger partial charge in [0.15, 0.2) is 6.04 Å². The van der Waals surface area contributed by atoms with Crippen LogP contribution in [0.25, 0.3) is 0 Å². The van der Waals surface area contributed by atoms with Gasteiger partial charge in [0.05, 0.1) is 14.2 Å². The highest BCUT2D eigenvalue weighted by molar-refractivity contribution is 5.81. The largest absolute Gasteiger partial charge is 0.497 e. The molecule has 4 nitrogen and oxygen atoms in total. The highest BCUT2D eigenvalue weighted by atomic mass is 16.5. The Balaban J connectivity index is 2.28. The summed E-state index contributed by atoms with van der Waals surface area (Å²) in [6.45, 7) is 1.97. The first-order valence-electron chi connectivity index (χ1n) is 6.69. The molecule has 0 heterocycles. The molecule has 2 aromatic carbocycles. The summed E-state index contributed by atoms with van der Waals surface area (Å²) in [4.78, 5) is 12.1. The van der Waals surface area contributed by atoms with Gasteiger partial charge in [0, 0.05) is 5.69 Å². The zero-order valence-electron chi connectivity index (χ0n) is 12.4. The highest BCUT2D eigenvalue weighted by Gasteiger charge is 2.22. The van der Waals surface area contributed by atoms with Crippen LogP contribution in [0.3, 0.4) is 0 Å². The fourth-order valence-electron chi connectivity index (χ4n) is 2.15. The summed E-state index contributed by atoms with van der Waals surface area (Å²) >= 11 is 0. The summed E-state index contributed by atoms with van der Waals surface area (Å²) < 4.78 is 10.0. The molecule has 0 spiro atoms. The third-order valence-corrected chi connectivity index (χ3v) is 3.34. The number of esters is 1. The lowest BCUT2D eigenvalue weighted by atomic mass is 10.0. The molecule has 0 aromatic heterocycles. The van der Waals surface area contributed by atoms with Crippen molar-refractivity contribution in [3.8, 4) is 5.75 Å². The SMILES string of the molecule is COC(=O)C(Nc1ccc(OC)cc1)c1ccccc1C. The topological polar surface area (TPSA) is 47.6 Å². The molecule has 0 radical (unpaired) electrons. The number of rotatable bonds is 5. The molecule has 0 amide bonds. The Morgan fingerprint density at radius 1 is 1.05 bits per heavy atom. The average Bonchev–Trinajstić information content (AvgIpc) is 2.53. The monoisotopic (exact) mass is 285 g/mol. The summed E-state index contributed by atoms with van der Waals surface area (Å²) in [5, 5.41) is 3.21. The molecule has 1 atom stereocenters. The minimum Gasteiger partial charge on any atom is -0.497 e. The molecule has 1 unspecified atom stereocenters. The van der Waals surface area contributed by atoms with E-state index in [9.17, 15) is 4.79 Å². The van der Waals surface area contributed by atoms with Crippen LogP contribution in [0.2, 0.25) is 0 Å². The van der Waals surface area contributed by atoms with Crippen molar-refractivity contribution >= 4 is 11.7 Å². The molecule has 0 aliphatic carbocycles. The quantitative estimate of drug-likeness (QED) is 0.856. The van der Waals surface area contributed by atoms with E-state index in [1.807, 2.05) is 55.5 Å². The second-order valence-corrected chi connectivity index (χ2v) is 4.69. The number of carbonyl (C=O) groups excluding carboxylic acids is 1. The maximum atomic E-state index is 12.1. The Labute approximate surface area is 124 Å². The molecule has 110 valence electrons. The van der Waals surface area contributed by atoms with E-state index in [0.717, 1.165) is 22.6 Å². The van der Waals surface area contributed by atoms with E-state index in [1.54, 1.807) is 7.11 Å². The number of benzene rings is 2. The molecule has 2 aromatic rings. The lowest BCUT2D eigenvalue weighted by molar-refractivity contribution is -0.141. The van der Waals surface area contributed by atoms with Gasteiger partial charge in [-0.05, 0) is 42.3 Å². The van der Waals surface area contributed by atoms with Crippen molar-refractivity contribution < 1.29 is 14.3 Å². The number of aryl methyl sites for hydroxylation is 1. The van der Waals surface area contributed by atoms with Gasteiger partial charge >= 0.3 is 5.97 Å². The maximum absolute atomic E-state index is 12.1. The summed E-state index contributed by atoms with van der Waals surface area (Å²) in [5.41, 5.74) is 2.77. The van der Waals surface area contributed by atoms with Crippen molar-refractivity contribution in [1.29, 1.82) is 0 Å². The van der Waals surface area contributed by atoms with E-state index in [-0.39, 0.29) is 5.97 Å². The average molecular weight is 285 g/mol. The Hall–Kier alpha value is -2.49. The van der Waals surface area contributed by atoms with Crippen molar-refractivity contribution in [3.05, 3.63) is 59.7 Å². The second-order valence-electron chi connectivity index (χ2n) is 4.69. The fourth-order valence-corrected chi connectivity index (χ4v) is 2.15. The summed E-state index contributed by atoms with van der Waals surface area (Å²) in [6.07, 6.45) is 0. The van der Waals surface area contributed by atoms with E-state index in [2.05, 4.69) is 5.32 Å². The summed E-state index contributed by atoms with van der Waals surface area (Å²) in [6, 6.07) is 14.6. The van der Waals surface area contributed by atoms with Crippen LogP contribution in [0.5, 0.6) is 5.75 Å². The van der Waals surface area contributed by atoms with Crippen LogP contribution in [0.4, 0.5) is 5.69 Å². The number of ether oxygens (including phenoxy) is 2. The highest BCUT2D eigenvalue weighted by Crippen LogP contribution is 2.25. The number of methoxy groups -OCH3 is 2. The van der Waals surface area contributed by atoms with Gasteiger partial charge in [-0.25, -0.2) is 4.79 Å². The van der Waals surface area contributed by atoms with Gasteiger partial charge in [-0.15, -0.1) is 0 Å². The number of hydrogen-bond acceptors (Lipinski definition) is 4. The van der Waals surface area contributed by atoms with Crippen LogP contribution in [0, 0.1) is 6.92 Å². The number of hydrogen-bond donors (Lipinski definition) is 1. The van der Waals surface area contributed by atoms with Crippen LogP contribution in [-0.2, 0) is 9.53 Å². The maximum Gasteiger partial charge on any atom is 0.332 e. The summed E-state index contributed by atoms with van der Waals surface area (Å²) in [5.74, 6) is 0.450. The van der Waals surface area contributed by atoms with E-state index < -0.39 is 6.04 Å². The van der Waals surface area contributed by atoms with Crippen molar-refractivity contribution in [1.82, 2.24) is 0 Å².